The molecule has 4 aliphatic rings. The standard InChI is InChI=1S/C30H39N3O7/c1-13(2)7-21(34)31-11-20-23-17(25(35)15(4)28-29(23)40-12-39-28)10-18-24-22-16(8-14(3)27(38-6)26(22)36)9-19(32(24)5)30(37)33(18)20/h8,13,18-20,24,30,35-37H,7,9-12H2,1-6H3,(H,31,34)/t18?,19-,20-,24?,30-/m0/s1. The highest BCUT2D eigenvalue weighted by Gasteiger charge is 2.56. The monoisotopic (exact) mass is 553 g/mol. The van der Waals surface area contributed by atoms with Gasteiger partial charge in [0.1, 0.15) is 12.0 Å². The van der Waals surface area contributed by atoms with Crippen LogP contribution in [0.25, 0.3) is 0 Å². The minimum Gasteiger partial charge on any atom is -0.507 e. The second-order valence-corrected chi connectivity index (χ2v) is 12.0. The van der Waals surface area contributed by atoms with Crippen LogP contribution in [0.3, 0.4) is 0 Å². The van der Waals surface area contributed by atoms with E-state index in [1.165, 1.54) is 0 Å². The number of benzene rings is 2. The maximum absolute atomic E-state index is 12.8. The molecule has 2 bridgehead atoms. The predicted octanol–water partition coefficient (Wildman–Crippen LogP) is 2.81. The van der Waals surface area contributed by atoms with Crippen molar-refractivity contribution >= 4 is 5.91 Å². The smallest absolute Gasteiger partial charge is 0.231 e. The molecule has 1 saturated heterocycles. The summed E-state index contributed by atoms with van der Waals surface area (Å²) in [5, 5.41) is 38.0. The Kier molecular flexibility index (Phi) is 6.55. The number of ether oxygens (including phenoxy) is 3. The largest absolute Gasteiger partial charge is 0.507 e. The van der Waals surface area contributed by atoms with Gasteiger partial charge < -0.3 is 34.8 Å². The number of phenols is 2. The van der Waals surface area contributed by atoms with Gasteiger partial charge in [0.2, 0.25) is 12.7 Å². The number of hydrogen-bond acceptors (Lipinski definition) is 9. The van der Waals surface area contributed by atoms with Gasteiger partial charge in [0, 0.05) is 41.3 Å². The van der Waals surface area contributed by atoms with E-state index >= 15 is 0 Å². The van der Waals surface area contributed by atoms with E-state index in [9.17, 15) is 20.1 Å². The van der Waals surface area contributed by atoms with E-state index < -0.39 is 12.3 Å². The summed E-state index contributed by atoms with van der Waals surface area (Å²) in [6.07, 6.45) is 0.464. The molecule has 4 heterocycles. The number of phenolic OH excluding ortho intramolecular Hbond substituents is 2. The van der Waals surface area contributed by atoms with Crippen LogP contribution < -0.4 is 19.5 Å². The molecule has 0 saturated carbocycles. The molecule has 1 fully saturated rings. The van der Waals surface area contributed by atoms with Crippen molar-refractivity contribution in [1.82, 2.24) is 15.1 Å². The van der Waals surface area contributed by atoms with Gasteiger partial charge in [-0.15, -0.1) is 0 Å². The van der Waals surface area contributed by atoms with Gasteiger partial charge in [-0.05, 0) is 50.8 Å². The molecule has 4 aliphatic heterocycles. The molecule has 216 valence electrons. The van der Waals surface area contributed by atoms with Gasteiger partial charge in [-0.3, -0.25) is 14.6 Å². The molecule has 40 heavy (non-hydrogen) atoms. The summed E-state index contributed by atoms with van der Waals surface area (Å²) < 4.78 is 17.3. The van der Waals surface area contributed by atoms with Crippen LogP contribution in [-0.2, 0) is 17.6 Å². The van der Waals surface area contributed by atoms with Crippen LogP contribution in [0.15, 0.2) is 6.07 Å². The van der Waals surface area contributed by atoms with E-state index in [4.69, 9.17) is 14.2 Å². The summed E-state index contributed by atoms with van der Waals surface area (Å²) in [4.78, 5) is 17.0. The first-order valence-electron chi connectivity index (χ1n) is 14.0. The second kappa shape index (κ2) is 9.71. The Labute approximate surface area is 234 Å². The normalized spacial score (nSPS) is 26.8. The zero-order valence-corrected chi connectivity index (χ0v) is 23.9. The minimum absolute atomic E-state index is 0.0405. The number of aliphatic hydroxyl groups excluding tert-OH is 1. The van der Waals surface area contributed by atoms with Crippen molar-refractivity contribution in [2.24, 2.45) is 5.92 Å². The molecule has 5 atom stereocenters. The van der Waals surface area contributed by atoms with Crippen LogP contribution in [0.5, 0.6) is 28.7 Å². The number of aliphatic hydroxyl groups is 1. The van der Waals surface area contributed by atoms with E-state index in [1.807, 2.05) is 40.8 Å². The zero-order valence-electron chi connectivity index (χ0n) is 23.9. The van der Waals surface area contributed by atoms with Gasteiger partial charge in [0.15, 0.2) is 23.0 Å². The fraction of sp³-hybridized carbons (Fsp3) is 0.567. The molecular weight excluding hydrogens is 514 g/mol. The predicted molar refractivity (Wildman–Crippen MR) is 147 cm³/mol. The average Bonchev–Trinajstić information content (AvgIpc) is 3.38. The third-order valence-electron chi connectivity index (χ3n) is 9.21. The quantitative estimate of drug-likeness (QED) is 0.443. The highest BCUT2D eigenvalue weighted by Crippen LogP contribution is 2.57. The molecule has 2 unspecified atom stereocenters. The number of nitrogens with zero attached hydrogens (tertiary/aromatic N) is 2. The number of likely N-dealkylation sites (N-methyl/N-ethyl adjacent to an activating group) is 1. The number of fused-ring (bicyclic) bond motifs is 9. The Morgan fingerprint density at radius 2 is 1.85 bits per heavy atom. The van der Waals surface area contributed by atoms with Gasteiger partial charge >= 0.3 is 0 Å². The molecule has 0 radical (unpaired) electrons. The average molecular weight is 554 g/mol. The van der Waals surface area contributed by atoms with E-state index in [0.29, 0.717) is 42.1 Å². The van der Waals surface area contributed by atoms with Gasteiger partial charge in [-0.1, -0.05) is 19.9 Å². The number of carbonyl (C=O) groups excluding carboxylic acids is 1. The molecule has 0 spiro atoms. The summed E-state index contributed by atoms with van der Waals surface area (Å²) >= 11 is 0. The lowest BCUT2D eigenvalue weighted by molar-refractivity contribution is -0.172. The van der Waals surface area contributed by atoms with Gasteiger partial charge in [0.05, 0.1) is 25.2 Å². The maximum Gasteiger partial charge on any atom is 0.231 e. The summed E-state index contributed by atoms with van der Waals surface area (Å²) in [6, 6.07) is 0.693. The molecule has 10 nitrogen and oxygen atoms in total. The molecule has 2 aromatic rings. The van der Waals surface area contributed by atoms with Crippen LogP contribution in [0.1, 0.15) is 65.7 Å². The number of aryl methyl sites for hydroxylation is 1. The topological polar surface area (TPSA) is 124 Å². The number of carbonyl (C=O) groups is 1. The maximum atomic E-state index is 12.8. The van der Waals surface area contributed by atoms with Crippen molar-refractivity contribution in [2.45, 2.75) is 77.4 Å². The Bertz CT molecular complexity index is 1380. The molecule has 6 rings (SSSR count). The van der Waals surface area contributed by atoms with E-state index in [1.54, 1.807) is 7.11 Å². The Morgan fingerprint density at radius 3 is 2.55 bits per heavy atom. The molecule has 4 N–H and O–H groups in total. The highest BCUT2D eigenvalue weighted by atomic mass is 16.7. The van der Waals surface area contributed by atoms with Gasteiger partial charge in [-0.25, -0.2) is 0 Å². The first-order valence-corrected chi connectivity index (χ1v) is 14.0. The molecule has 10 heteroatoms. The highest BCUT2D eigenvalue weighted by molar-refractivity contribution is 5.76. The minimum atomic E-state index is -0.870. The molecule has 2 aromatic carbocycles. The SMILES string of the molecule is COc1c(C)cc2c(c1O)C1C3Cc4c(O)c(C)c5c(c4[C@H](CNC(=O)CC(C)C)N3[C@@H](O)[C@H](C2)N1C)OCO5. The van der Waals surface area contributed by atoms with Crippen LogP contribution in [0, 0.1) is 19.8 Å². The lowest BCUT2D eigenvalue weighted by Crippen LogP contribution is -2.69. The third-order valence-corrected chi connectivity index (χ3v) is 9.21. The first kappa shape index (κ1) is 27.0. The molecule has 1 amide bonds. The Morgan fingerprint density at radius 1 is 1.12 bits per heavy atom. The van der Waals surface area contributed by atoms with E-state index in [0.717, 1.165) is 27.8 Å². The summed E-state index contributed by atoms with van der Waals surface area (Å²) in [5.74, 6) is 1.88. The fourth-order valence-corrected chi connectivity index (χ4v) is 7.51. The number of aromatic hydroxyl groups is 2. The number of methoxy groups -OCH3 is 1. The second-order valence-electron chi connectivity index (χ2n) is 12.0. The fourth-order valence-electron chi connectivity index (χ4n) is 7.51. The first-order chi connectivity index (χ1) is 19.0. The van der Waals surface area contributed by atoms with Crippen LogP contribution in [-0.4, -0.2) is 76.8 Å². The van der Waals surface area contributed by atoms with Gasteiger partial charge in [0.25, 0.3) is 0 Å². The molecular formula is C30H39N3O7. The Hall–Kier alpha value is -3.21. The van der Waals surface area contributed by atoms with Crippen molar-refractivity contribution in [3.05, 3.63) is 39.4 Å². The van der Waals surface area contributed by atoms with E-state index in [-0.39, 0.29) is 54.8 Å². The Balaban J connectivity index is 1.53. The van der Waals surface area contributed by atoms with Crippen LogP contribution in [0.2, 0.25) is 0 Å². The number of piperazine rings is 1. The van der Waals surface area contributed by atoms with Crippen molar-refractivity contribution in [3.8, 4) is 28.7 Å². The number of rotatable bonds is 5. The van der Waals surface area contributed by atoms with Crippen molar-refractivity contribution in [1.29, 1.82) is 0 Å². The lowest BCUT2D eigenvalue weighted by Gasteiger charge is -2.60. The molecule has 0 aliphatic carbocycles. The number of nitrogens with one attached hydrogen (secondary N) is 1. The summed E-state index contributed by atoms with van der Waals surface area (Å²) in [5.41, 5.74) is 4.68. The molecule has 0 aromatic heterocycles. The van der Waals surface area contributed by atoms with Crippen LogP contribution in [0.4, 0.5) is 0 Å². The number of amides is 1. The van der Waals surface area contributed by atoms with Crippen molar-refractivity contribution in [3.63, 3.8) is 0 Å². The lowest BCUT2D eigenvalue weighted by atomic mass is 9.73. The zero-order chi connectivity index (χ0) is 28.6. The van der Waals surface area contributed by atoms with Crippen molar-refractivity contribution in [2.75, 3.05) is 27.5 Å². The third kappa shape index (κ3) is 3.83. The van der Waals surface area contributed by atoms with Gasteiger partial charge in [-0.2, -0.15) is 0 Å². The number of hydrogen-bond donors (Lipinski definition) is 4. The summed E-state index contributed by atoms with van der Waals surface area (Å²) in [7, 11) is 3.53. The van der Waals surface area contributed by atoms with E-state index in [2.05, 4.69) is 15.1 Å². The van der Waals surface area contributed by atoms with Crippen LogP contribution >= 0.6 is 0 Å². The summed E-state index contributed by atoms with van der Waals surface area (Å²) in [6.45, 7) is 7.97. The van der Waals surface area contributed by atoms with Crippen molar-refractivity contribution < 1.29 is 34.3 Å².